The second-order valence-corrected chi connectivity index (χ2v) is 4.64. The van der Waals surface area contributed by atoms with Crippen LogP contribution >= 0.6 is 24.8 Å². The molecule has 0 aliphatic carbocycles. The molecule has 0 unspecified atom stereocenters. The number of likely N-dealkylation sites (tertiary alicyclic amines) is 1. The predicted octanol–water partition coefficient (Wildman–Crippen LogP) is 1.56. The first kappa shape index (κ1) is 20.3. The minimum absolute atomic E-state index is 0. The fourth-order valence-electron chi connectivity index (χ4n) is 2.11. The van der Waals surface area contributed by atoms with Crippen molar-refractivity contribution in [3.8, 4) is 0 Å². The molecule has 1 heterocycles. The lowest BCUT2D eigenvalue weighted by molar-refractivity contribution is -0.123. The molecule has 0 aromatic rings. The van der Waals surface area contributed by atoms with Gasteiger partial charge in [-0.1, -0.05) is 13.8 Å². The van der Waals surface area contributed by atoms with E-state index in [1.165, 1.54) is 13.0 Å². The summed E-state index contributed by atoms with van der Waals surface area (Å²) < 4.78 is 0. The summed E-state index contributed by atoms with van der Waals surface area (Å²) in [5.74, 6) is 0.0106. The molecule has 0 aromatic carbocycles. The third-order valence-corrected chi connectivity index (χ3v) is 3.25. The van der Waals surface area contributed by atoms with Gasteiger partial charge in [0, 0.05) is 19.1 Å². The number of nitrogens with one attached hydrogen (secondary N) is 1. The smallest absolute Gasteiger partial charge is 0.237 e. The monoisotopic (exact) mass is 299 g/mol. The Kier molecular flexibility index (Phi) is 12.2. The first-order chi connectivity index (χ1) is 7.67. The van der Waals surface area contributed by atoms with Gasteiger partial charge in [-0.3, -0.25) is 4.79 Å². The van der Waals surface area contributed by atoms with Crippen LogP contribution < -0.4 is 11.1 Å². The maximum atomic E-state index is 11.6. The van der Waals surface area contributed by atoms with Gasteiger partial charge in [-0.15, -0.1) is 24.8 Å². The van der Waals surface area contributed by atoms with Crippen LogP contribution in [0, 0.1) is 0 Å². The van der Waals surface area contributed by atoms with E-state index >= 15 is 0 Å². The van der Waals surface area contributed by atoms with Crippen molar-refractivity contribution < 1.29 is 4.79 Å². The zero-order valence-electron chi connectivity index (χ0n) is 11.4. The Morgan fingerprint density at radius 3 is 2.33 bits per heavy atom. The summed E-state index contributed by atoms with van der Waals surface area (Å²) in [6.45, 7) is 7.51. The molecular formula is C12H27Cl2N3O. The highest BCUT2D eigenvalue weighted by Gasteiger charge is 2.21. The predicted molar refractivity (Wildman–Crippen MR) is 80.7 cm³/mol. The Balaban J connectivity index is 0. The van der Waals surface area contributed by atoms with Crippen LogP contribution in [0.25, 0.3) is 0 Å². The second-order valence-electron chi connectivity index (χ2n) is 4.64. The topological polar surface area (TPSA) is 58.4 Å². The normalized spacial score (nSPS) is 18.4. The number of carbonyl (C=O) groups is 1. The van der Waals surface area contributed by atoms with Gasteiger partial charge in [0.25, 0.3) is 0 Å². The SMILES string of the molecule is CCCN1CCC(NC(=O)[C@@H](N)CC)CC1.Cl.Cl. The van der Waals surface area contributed by atoms with Crippen LogP contribution in [-0.4, -0.2) is 42.5 Å². The van der Waals surface area contributed by atoms with Crippen molar-refractivity contribution in [2.45, 2.75) is 51.6 Å². The van der Waals surface area contributed by atoms with E-state index in [4.69, 9.17) is 5.73 Å². The van der Waals surface area contributed by atoms with Crippen LogP contribution in [0.4, 0.5) is 0 Å². The maximum absolute atomic E-state index is 11.6. The van der Waals surface area contributed by atoms with Crippen molar-refractivity contribution in [1.82, 2.24) is 10.2 Å². The minimum atomic E-state index is -0.339. The summed E-state index contributed by atoms with van der Waals surface area (Å²) in [6.07, 6.45) is 4.03. The number of halogens is 2. The molecule has 18 heavy (non-hydrogen) atoms. The van der Waals surface area contributed by atoms with E-state index in [0.717, 1.165) is 25.9 Å². The van der Waals surface area contributed by atoms with Crippen molar-refractivity contribution in [3.63, 3.8) is 0 Å². The zero-order valence-corrected chi connectivity index (χ0v) is 13.0. The summed E-state index contributed by atoms with van der Waals surface area (Å²) in [7, 11) is 0. The van der Waals surface area contributed by atoms with Gasteiger partial charge in [0.15, 0.2) is 0 Å². The molecule has 6 heteroatoms. The van der Waals surface area contributed by atoms with Gasteiger partial charge >= 0.3 is 0 Å². The van der Waals surface area contributed by atoms with Gasteiger partial charge < -0.3 is 16.0 Å². The van der Waals surface area contributed by atoms with Crippen molar-refractivity contribution >= 4 is 30.7 Å². The van der Waals surface area contributed by atoms with Crippen LogP contribution in [0.2, 0.25) is 0 Å². The first-order valence-electron chi connectivity index (χ1n) is 6.45. The standard InChI is InChI=1S/C12H25N3O.2ClH/c1-3-7-15-8-5-10(6-9-15)14-12(16)11(13)4-2;;/h10-11H,3-9,13H2,1-2H3,(H,14,16);2*1H/t11-;;/m0../s1. The minimum Gasteiger partial charge on any atom is -0.352 e. The van der Waals surface area contributed by atoms with Gasteiger partial charge in [-0.05, 0) is 32.2 Å². The summed E-state index contributed by atoms with van der Waals surface area (Å²) in [5.41, 5.74) is 5.69. The lowest BCUT2D eigenvalue weighted by Crippen LogP contribution is -2.49. The molecule has 0 spiro atoms. The molecule has 1 atom stereocenters. The highest BCUT2D eigenvalue weighted by molar-refractivity contribution is 5.85. The van der Waals surface area contributed by atoms with E-state index in [9.17, 15) is 4.79 Å². The van der Waals surface area contributed by atoms with Gasteiger partial charge in [-0.2, -0.15) is 0 Å². The number of nitrogens with zero attached hydrogens (tertiary/aromatic N) is 1. The molecular weight excluding hydrogens is 273 g/mol. The van der Waals surface area contributed by atoms with Crippen LogP contribution in [0.15, 0.2) is 0 Å². The Hall–Kier alpha value is -0.0300. The summed E-state index contributed by atoms with van der Waals surface area (Å²) in [5, 5.41) is 3.04. The van der Waals surface area contributed by atoms with Crippen molar-refractivity contribution in [2.75, 3.05) is 19.6 Å². The Bertz CT molecular complexity index is 221. The van der Waals surface area contributed by atoms with Gasteiger partial charge in [0.2, 0.25) is 5.91 Å². The molecule has 1 saturated heterocycles. The number of piperidine rings is 1. The number of hydrogen-bond acceptors (Lipinski definition) is 3. The number of hydrogen-bond donors (Lipinski definition) is 2. The highest BCUT2D eigenvalue weighted by Crippen LogP contribution is 2.10. The molecule has 1 fully saturated rings. The molecule has 110 valence electrons. The zero-order chi connectivity index (χ0) is 12.0. The lowest BCUT2D eigenvalue weighted by atomic mass is 10.0. The van der Waals surface area contributed by atoms with Crippen LogP contribution in [0.3, 0.4) is 0 Å². The summed E-state index contributed by atoms with van der Waals surface area (Å²) in [6, 6.07) is -0.00752. The molecule has 1 amide bonds. The van der Waals surface area contributed by atoms with Crippen LogP contribution in [0.5, 0.6) is 0 Å². The highest BCUT2D eigenvalue weighted by atomic mass is 35.5. The third-order valence-electron chi connectivity index (χ3n) is 3.25. The molecule has 0 bridgehead atoms. The largest absolute Gasteiger partial charge is 0.352 e. The van der Waals surface area contributed by atoms with Gasteiger partial charge in [0.1, 0.15) is 0 Å². The molecule has 4 nitrogen and oxygen atoms in total. The lowest BCUT2D eigenvalue weighted by Gasteiger charge is -2.32. The molecule has 3 N–H and O–H groups in total. The Morgan fingerprint density at radius 2 is 1.89 bits per heavy atom. The third kappa shape index (κ3) is 6.78. The van der Waals surface area contributed by atoms with Gasteiger partial charge in [-0.25, -0.2) is 0 Å². The summed E-state index contributed by atoms with van der Waals surface area (Å²) >= 11 is 0. The molecule has 0 saturated carbocycles. The molecule has 0 radical (unpaired) electrons. The van der Waals surface area contributed by atoms with E-state index in [1.54, 1.807) is 0 Å². The van der Waals surface area contributed by atoms with Crippen molar-refractivity contribution in [1.29, 1.82) is 0 Å². The van der Waals surface area contributed by atoms with Gasteiger partial charge in [0.05, 0.1) is 6.04 Å². The Morgan fingerprint density at radius 1 is 1.33 bits per heavy atom. The molecule has 1 aliphatic heterocycles. The number of nitrogens with two attached hydrogens (primary N) is 1. The molecule has 1 rings (SSSR count). The first-order valence-corrected chi connectivity index (χ1v) is 6.45. The van der Waals surface area contributed by atoms with E-state index in [1.807, 2.05) is 6.92 Å². The average Bonchev–Trinajstić information content (AvgIpc) is 2.31. The van der Waals surface area contributed by atoms with Crippen molar-refractivity contribution in [2.24, 2.45) is 5.73 Å². The quantitative estimate of drug-likeness (QED) is 0.810. The fourth-order valence-corrected chi connectivity index (χ4v) is 2.11. The van der Waals surface area contributed by atoms with E-state index in [0.29, 0.717) is 12.5 Å². The molecule has 0 aromatic heterocycles. The second kappa shape index (κ2) is 10.9. The van der Waals surface area contributed by atoms with Crippen LogP contribution in [-0.2, 0) is 4.79 Å². The summed E-state index contributed by atoms with van der Waals surface area (Å²) in [4.78, 5) is 14.1. The number of rotatable bonds is 5. The van der Waals surface area contributed by atoms with E-state index < -0.39 is 0 Å². The van der Waals surface area contributed by atoms with E-state index in [2.05, 4.69) is 17.1 Å². The molecule has 1 aliphatic rings. The van der Waals surface area contributed by atoms with E-state index in [-0.39, 0.29) is 36.8 Å². The van der Waals surface area contributed by atoms with Crippen LogP contribution in [0.1, 0.15) is 39.5 Å². The maximum Gasteiger partial charge on any atom is 0.237 e. The fraction of sp³-hybridized carbons (Fsp3) is 0.917. The number of carbonyl (C=O) groups excluding carboxylic acids is 1. The average molecular weight is 300 g/mol. The number of amides is 1. The van der Waals surface area contributed by atoms with Crippen molar-refractivity contribution in [3.05, 3.63) is 0 Å². The Labute approximate surface area is 123 Å².